The molecule has 0 spiro atoms. The van der Waals surface area contributed by atoms with Gasteiger partial charge in [-0.05, 0) is 65.3 Å². The van der Waals surface area contributed by atoms with Crippen molar-refractivity contribution in [1.29, 1.82) is 0 Å². The zero-order valence-electron chi connectivity index (χ0n) is 21.5. The number of nitrogens with one attached hydrogen (secondary N) is 2. The maximum atomic E-state index is 13.4. The van der Waals surface area contributed by atoms with Crippen molar-refractivity contribution in [2.75, 3.05) is 17.8 Å². The highest BCUT2D eigenvalue weighted by Crippen LogP contribution is 2.40. The summed E-state index contributed by atoms with van der Waals surface area (Å²) in [5.74, 6) is 5.08. The molecule has 5 nitrogen and oxygen atoms in total. The van der Waals surface area contributed by atoms with Gasteiger partial charge in [-0.15, -0.1) is 0 Å². The number of hydrogen-bond acceptors (Lipinski definition) is 5. The van der Waals surface area contributed by atoms with Gasteiger partial charge in [0.1, 0.15) is 6.61 Å². The van der Waals surface area contributed by atoms with Crippen LogP contribution in [0.25, 0.3) is 0 Å². The van der Waals surface area contributed by atoms with Crippen LogP contribution in [-0.4, -0.2) is 13.0 Å². The van der Waals surface area contributed by atoms with Crippen molar-refractivity contribution in [2.45, 2.75) is 39.7 Å². The lowest BCUT2D eigenvalue weighted by atomic mass is 9.78. The fourth-order valence-electron chi connectivity index (χ4n) is 4.84. The number of hydrazine groups is 1. The average Bonchev–Trinajstić information content (AvgIpc) is 2.87. The van der Waals surface area contributed by atoms with E-state index < -0.39 is 5.92 Å². The van der Waals surface area contributed by atoms with Gasteiger partial charge in [-0.3, -0.25) is 10.6 Å². The van der Waals surface area contributed by atoms with E-state index in [1.807, 2.05) is 57.3 Å². The largest absolute Gasteiger partial charge is 0.461 e. The first-order valence-electron chi connectivity index (χ1n) is 12.4. The highest BCUT2D eigenvalue weighted by molar-refractivity contribution is 5.77. The minimum Gasteiger partial charge on any atom is -0.461 e. The van der Waals surface area contributed by atoms with E-state index in [-0.39, 0.29) is 18.5 Å². The molecule has 0 saturated carbocycles. The lowest BCUT2D eigenvalue weighted by Crippen LogP contribution is -2.24. The molecule has 0 radical (unpaired) electrons. The molecule has 0 heterocycles. The van der Waals surface area contributed by atoms with Crippen molar-refractivity contribution in [3.8, 4) is 0 Å². The first-order chi connectivity index (χ1) is 17.4. The molecule has 5 heteroatoms. The standard InChI is InChI=1S/C31H35N3O2/c1-20-13-14-25(18-26(20)17-23-11-8-12-23)29(27-15-16-28(33-4)30(34-32)21(27)2)22(3)31(35)36-19-24-9-6-5-7-10-24/h5-16,18,22,29,33-34H,17,19,32H2,1-4H3/t22-,29-/m1/s1. The Labute approximate surface area is 214 Å². The number of benzene rings is 3. The number of esters is 1. The van der Waals surface area contributed by atoms with E-state index in [9.17, 15) is 4.79 Å². The second kappa shape index (κ2) is 11.3. The molecule has 0 fully saturated rings. The molecule has 1 aliphatic carbocycles. The van der Waals surface area contributed by atoms with Gasteiger partial charge >= 0.3 is 5.97 Å². The van der Waals surface area contributed by atoms with E-state index in [0.29, 0.717) is 0 Å². The Morgan fingerprint density at radius 1 is 1.06 bits per heavy atom. The molecular weight excluding hydrogens is 446 g/mol. The molecule has 0 aromatic heterocycles. The second-order valence-corrected chi connectivity index (χ2v) is 9.42. The molecule has 4 rings (SSSR count). The molecule has 3 aromatic carbocycles. The molecule has 186 valence electrons. The number of nitrogens with two attached hydrogens (primary N) is 1. The van der Waals surface area contributed by atoms with E-state index in [1.54, 1.807) is 0 Å². The number of ether oxygens (including phenoxy) is 1. The predicted octanol–water partition coefficient (Wildman–Crippen LogP) is 6.18. The van der Waals surface area contributed by atoms with Gasteiger partial charge in [0.05, 0.1) is 17.3 Å². The topological polar surface area (TPSA) is 76.4 Å². The second-order valence-electron chi connectivity index (χ2n) is 9.42. The molecule has 3 aromatic rings. The predicted molar refractivity (Wildman–Crippen MR) is 148 cm³/mol. The van der Waals surface area contributed by atoms with Gasteiger partial charge in [-0.1, -0.05) is 79.7 Å². The normalized spacial score (nSPS) is 13.9. The summed E-state index contributed by atoms with van der Waals surface area (Å²) in [5.41, 5.74) is 12.5. The van der Waals surface area contributed by atoms with Crippen molar-refractivity contribution < 1.29 is 9.53 Å². The third-order valence-corrected chi connectivity index (χ3v) is 7.10. The first kappa shape index (κ1) is 25.3. The van der Waals surface area contributed by atoms with Gasteiger partial charge in [0, 0.05) is 13.0 Å². The molecule has 2 atom stereocenters. The van der Waals surface area contributed by atoms with Gasteiger partial charge in [0.2, 0.25) is 0 Å². The molecule has 0 unspecified atom stereocenters. The zero-order valence-corrected chi connectivity index (χ0v) is 21.5. The molecule has 1 aliphatic rings. The van der Waals surface area contributed by atoms with E-state index >= 15 is 0 Å². The minimum absolute atomic E-state index is 0.198. The smallest absolute Gasteiger partial charge is 0.309 e. The summed E-state index contributed by atoms with van der Waals surface area (Å²) >= 11 is 0. The number of carbonyl (C=O) groups is 1. The minimum atomic E-state index is -0.406. The SMILES string of the molecule is CNc1ccc([C@@H](c2ccc(C)c(CC3=CC=C3)c2)[C@@H](C)C(=O)OCc2ccccc2)c(C)c1NN. The Balaban J connectivity index is 1.73. The van der Waals surface area contributed by atoms with Crippen LogP contribution in [0, 0.1) is 19.8 Å². The van der Waals surface area contributed by atoms with Crippen molar-refractivity contribution in [1.82, 2.24) is 0 Å². The fraction of sp³-hybridized carbons (Fsp3) is 0.258. The van der Waals surface area contributed by atoms with Crippen molar-refractivity contribution in [3.05, 3.63) is 118 Å². The van der Waals surface area contributed by atoms with Gasteiger partial charge < -0.3 is 15.5 Å². The van der Waals surface area contributed by atoms with Crippen LogP contribution in [0.4, 0.5) is 11.4 Å². The molecular formula is C31H35N3O2. The van der Waals surface area contributed by atoms with Crippen LogP contribution in [0.15, 0.2) is 84.5 Å². The van der Waals surface area contributed by atoms with Crippen molar-refractivity contribution >= 4 is 17.3 Å². The Morgan fingerprint density at radius 3 is 2.44 bits per heavy atom. The van der Waals surface area contributed by atoms with Crippen LogP contribution in [0.3, 0.4) is 0 Å². The maximum Gasteiger partial charge on any atom is 0.309 e. The van der Waals surface area contributed by atoms with Crippen LogP contribution in [-0.2, 0) is 22.6 Å². The quantitative estimate of drug-likeness (QED) is 0.183. The Bertz CT molecular complexity index is 1290. The monoisotopic (exact) mass is 481 g/mol. The summed E-state index contributed by atoms with van der Waals surface area (Å²) in [4.78, 5) is 13.4. The highest BCUT2D eigenvalue weighted by Gasteiger charge is 2.31. The molecule has 0 aliphatic heterocycles. The van der Waals surface area contributed by atoms with Gasteiger partial charge in [0.25, 0.3) is 0 Å². The van der Waals surface area contributed by atoms with Gasteiger partial charge in [-0.25, -0.2) is 0 Å². The summed E-state index contributed by atoms with van der Waals surface area (Å²) in [7, 11) is 1.87. The van der Waals surface area contributed by atoms with Crippen LogP contribution < -0.4 is 16.6 Å². The molecule has 4 N–H and O–H groups in total. The van der Waals surface area contributed by atoms with Crippen LogP contribution in [0.5, 0.6) is 0 Å². The zero-order chi connectivity index (χ0) is 25.7. The summed E-state index contributed by atoms with van der Waals surface area (Å²) in [6.07, 6.45) is 7.24. The third-order valence-electron chi connectivity index (χ3n) is 7.10. The number of anilines is 2. The van der Waals surface area contributed by atoms with E-state index in [0.717, 1.165) is 40.0 Å². The molecule has 0 amide bonds. The summed E-state index contributed by atoms with van der Waals surface area (Å²) in [6, 6.07) is 20.4. The number of carbonyl (C=O) groups excluding carboxylic acids is 1. The van der Waals surface area contributed by atoms with Crippen LogP contribution in [0.1, 0.15) is 46.2 Å². The lowest BCUT2D eigenvalue weighted by molar-refractivity contribution is -0.149. The highest BCUT2D eigenvalue weighted by atomic mass is 16.5. The average molecular weight is 482 g/mol. The van der Waals surface area contributed by atoms with Crippen LogP contribution >= 0.6 is 0 Å². The van der Waals surface area contributed by atoms with Crippen molar-refractivity contribution in [2.24, 2.45) is 11.8 Å². The third kappa shape index (κ3) is 5.37. The Hall–Kier alpha value is -3.83. The summed E-state index contributed by atoms with van der Waals surface area (Å²) < 4.78 is 5.79. The number of hydrogen-bond donors (Lipinski definition) is 3. The van der Waals surface area contributed by atoms with Gasteiger partial charge in [-0.2, -0.15) is 0 Å². The van der Waals surface area contributed by atoms with Crippen molar-refractivity contribution in [3.63, 3.8) is 0 Å². The van der Waals surface area contributed by atoms with Gasteiger partial charge in [0.15, 0.2) is 0 Å². The number of aryl methyl sites for hydroxylation is 1. The Kier molecular flexibility index (Phi) is 7.91. The lowest BCUT2D eigenvalue weighted by Gasteiger charge is -2.28. The number of nitrogen functional groups attached to an aromatic ring is 1. The molecule has 0 saturated heterocycles. The number of allylic oxidation sites excluding steroid dienone is 4. The van der Waals surface area contributed by atoms with Crippen LogP contribution in [0.2, 0.25) is 0 Å². The van der Waals surface area contributed by atoms with E-state index in [4.69, 9.17) is 10.6 Å². The first-order valence-corrected chi connectivity index (χ1v) is 12.4. The summed E-state index contributed by atoms with van der Waals surface area (Å²) in [5, 5.41) is 3.19. The fourth-order valence-corrected chi connectivity index (χ4v) is 4.84. The maximum absolute atomic E-state index is 13.4. The Morgan fingerprint density at radius 2 is 1.81 bits per heavy atom. The van der Waals surface area contributed by atoms with E-state index in [2.05, 4.69) is 60.2 Å². The van der Waals surface area contributed by atoms with E-state index in [1.165, 1.54) is 16.7 Å². The molecule has 0 bridgehead atoms. The summed E-state index contributed by atoms with van der Waals surface area (Å²) in [6.45, 7) is 6.39. The molecule has 36 heavy (non-hydrogen) atoms. The number of rotatable bonds is 10.